The molecule has 0 heterocycles. The minimum absolute atomic E-state index is 0.0836. The number of halogens is 7. The van der Waals surface area contributed by atoms with Gasteiger partial charge in [0.15, 0.2) is 0 Å². The summed E-state index contributed by atoms with van der Waals surface area (Å²) in [5, 5.41) is 8.74. The minimum Gasteiger partial charge on any atom is -0.459 e. The van der Waals surface area contributed by atoms with Crippen LogP contribution in [0.3, 0.4) is 0 Å². The number of rotatable bonds is 5. The van der Waals surface area contributed by atoms with E-state index in [-0.39, 0.29) is 5.56 Å². The molecule has 0 fully saturated rings. The van der Waals surface area contributed by atoms with E-state index >= 15 is 0 Å². The summed E-state index contributed by atoms with van der Waals surface area (Å²) in [6, 6.07) is 5.96. The molecule has 0 aliphatic carbocycles. The van der Waals surface area contributed by atoms with E-state index < -0.39 is 43.1 Å². The zero-order valence-corrected chi connectivity index (χ0v) is 14.1. The fraction of sp³-hybridized carbons (Fsp3) is 0.385. The summed E-state index contributed by atoms with van der Waals surface area (Å²) in [5.74, 6) is -3.88. The predicted molar refractivity (Wildman–Crippen MR) is 77.5 cm³/mol. The zero-order valence-electron chi connectivity index (χ0n) is 11.9. The molecule has 0 aliphatic rings. The fourth-order valence-corrected chi connectivity index (χ4v) is 2.01. The third kappa shape index (κ3) is 4.96. The van der Waals surface area contributed by atoms with Crippen LogP contribution in [0.1, 0.15) is 10.4 Å². The van der Waals surface area contributed by atoms with Crippen molar-refractivity contribution in [3.8, 4) is 0 Å². The van der Waals surface area contributed by atoms with Gasteiger partial charge in [0.25, 0.3) is 0 Å². The molecule has 0 aliphatic heterocycles. The summed E-state index contributed by atoms with van der Waals surface area (Å²) in [4.78, 5) is 22.6. The second-order valence-electron chi connectivity index (χ2n) is 4.49. The lowest BCUT2D eigenvalue weighted by Gasteiger charge is -2.29. The lowest BCUT2D eigenvalue weighted by atomic mass is 10.0. The zero-order chi connectivity index (χ0) is 19.5. The molecule has 25 heavy (non-hydrogen) atoms. The summed E-state index contributed by atoms with van der Waals surface area (Å²) in [6.45, 7) is -1.91. The molecule has 0 bridgehead atoms. The van der Waals surface area contributed by atoms with Crippen LogP contribution in [0.15, 0.2) is 24.3 Å². The number of carbonyl (C=O) groups is 2. The molecule has 0 unspecified atom stereocenters. The van der Waals surface area contributed by atoms with Gasteiger partial charge in [-0.15, -0.1) is 0 Å². The highest BCUT2D eigenvalue weighted by atomic mass is 127. The lowest BCUT2D eigenvalue weighted by Crippen LogP contribution is -2.63. The summed E-state index contributed by atoms with van der Waals surface area (Å²) in [6.07, 6.45) is -12.7. The van der Waals surface area contributed by atoms with Crippen molar-refractivity contribution in [1.82, 2.24) is 0 Å². The Morgan fingerprint density at radius 2 is 1.52 bits per heavy atom. The van der Waals surface area contributed by atoms with E-state index in [1.807, 2.05) is 22.6 Å². The Kier molecular flexibility index (Phi) is 6.67. The van der Waals surface area contributed by atoms with Crippen LogP contribution >= 0.6 is 22.6 Å². The van der Waals surface area contributed by atoms with Crippen molar-refractivity contribution >= 4 is 34.5 Å². The van der Waals surface area contributed by atoms with Gasteiger partial charge in [0.1, 0.15) is 13.2 Å². The Bertz CT molecular complexity index is 629. The van der Waals surface area contributed by atoms with Crippen LogP contribution in [-0.4, -0.2) is 48.2 Å². The van der Waals surface area contributed by atoms with Crippen LogP contribution in [0.4, 0.5) is 26.3 Å². The first-order valence-electron chi connectivity index (χ1n) is 6.26. The molecule has 0 aromatic heterocycles. The Morgan fingerprint density at radius 3 is 2.00 bits per heavy atom. The highest BCUT2D eigenvalue weighted by molar-refractivity contribution is 14.1. The van der Waals surface area contributed by atoms with Gasteiger partial charge in [0, 0.05) is 3.57 Å². The standard InChI is InChI=1S/C13H9F6IO5/c14-12(15,16)11(23,13(17,18)19)10(22)25-5-4-24-9(21)7-2-1-3-8(20)6-7/h1-3,6,23H,4-5H2. The third-order valence-corrected chi connectivity index (χ3v) is 3.40. The normalized spacial score (nSPS) is 12.6. The van der Waals surface area contributed by atoms with Gasteiger partial charge >= 0.3 is 29.9 Å². The van der Waals surface area contributed by atoms with Crippen LogP contribution in [0.2, 0.25) is 0 Å². The molecule has 1 aromatic rings. The van der Waals surface area contributed by atoms with Gasteiger partial charge in [-0.1, -0.05) is 6.07 Å². The highest BCUT2D eigenvalue weighted by Crippen LogP contribution is 2.43. The van der Waals surface area contributed by atoms with Gasteiger partial charge in [-0.2, -0.15) is 26.3 Å². The molecular weight excluding hydrogens is 477 g/mol. The molecule has 5 nitrogen and oxygen atoms in total. The van der Waals surface area contributed by atoms with Crippen molar-refractivity contribution in [2.24, 2.45) is 0 Å². The topological polar surface area (TPSA) is 72.8 Å². The van der Waals surface area contributed by atoms with Gasteiger partial charge in [-0.3, -0.25) is 0 Å². The Labute approximate surface area is 150 Å². The monoisotopic (exact) mass is 486 g/mol. The average molecular weight is 486 g/mol. The summed E-state index contributed by atoms with van der Waals surface area (Å²) in [7, 11) is 0. The Morgan fingerprint density at radius 1 is 1.00 bits per heavy atom. The number of hydrogen-bond donors (Lipinski definition) is 1. The molecule has 0 spiro atoms. The largest absolute Gasteiger partial charge is 0.459 e. The van der Waals surface area contributed by atoms with Crippen LogP contribution in [0, 0.1) is 3.57 Å². The van der Waals surface area contributed by atoms with Gasteiger partial charge < -0.3 is 14.6 Å². The Balaban J connectivity index is 2.63. The minimum atomic E-state index is -6.33. The van der Waals surface area contributed by atoms with Gasteiger partial charge in [-0.25, -0.2) is 9.59 Å². The molecular formula is C13H9F6IO5. The first kappa shape index (κ1) is 21.5. The summed E-state index contributed by atoms with van der Waals surface area (Å²) in [5.41, 5.74) is -5.58. The molecule has 12 heteroatoms. The van der Waals surface area contributed by atoms with Gasteiger partial charge in [-0.05, 0) is 40.8 Å². The first-order chi connectivity index (χ1) is 11.3. The maximum Gasteiger partial charge on any atom is 0.437 e. The number of ether oxygens (including phenoxy) is 2. The number of esters is 2. The molecule has 0 saturated carbocycles. The van der Waals surface area contributed by atoms with E-state index in [0.717, 1.165) is 0 Å². The third-order valence-electron chi connectivity index (χ3n) is 2.73. The van der Waals surface area contributed by atoms with E-state index in [9.17, 15) is 35.9 Å². The molecule has 0 amide bonds. The number of hydrogen-bond acceptors (Lipinski definition) is 5. The number of alkyl halides is 6. The van der Waals surface area contributed by atoms with Gasteiger partial charge in [0.2, 0.25) is 0 Å². The predicted octanol–water partition coefficient (Wildman–Crippen LogP) is 2.85. The summed E-state index contributed by atoms with van der Waals surface area (Å²) >= 11 is 1.90. The second-order valence-corrected chi connectivity index (χ2v) is 5.73. The van der Waals surface area contributed by atoms with Crippen molar-refractivity contribution in [2.75, 3.05) is 13.2 Å². The maximum absolute atomic E-state index is 12.4. The van der Waals surface area contributed by atoms with Crippen LogP contribution in [0.25, 0.3) is 0 Å². The van der Waals surface area contributed by atoms with Gasteiger partial charge in [0.05, 0.1) is 5.56 Å². The van der Waals surface area contributed by atoms with Crippen LogP contribution < -0.4 is 0 Å². The maximum atomic E-state index is 12.4. The molecule has 1 N–H and O–H groups in total. The lowest BCUT2D eigenvalue weighted by molar-refractivity contribution is -0.357. The van der Waals surface area contributed by atoms with Crippen molar-refractivity contribution < 1.29 is 50.5 Å². The Hall–Kier alpha value is -1.57. The van der Waals surface area contributed by atoms with E-state index in [1.165, 1.54) is 18.2 Å². The molecule has 140 valence electrons. The quantitative estimate of drug-likeness (QED) is 0.300. The first-order valence-corrected chi connectivity index (χ1v) is 7.34. The van der Waals surface area contributed by atoms with Crippen molar-refractivity contribution in [2.45, 2.75) is 18.0 Å². The highest BCUT2D eigenvalue weighted by Gasteiger charge is 2.76. The molecule has 0 atom stereocenters. The van der Waals surface area contributed by atoms with E-state index in [1.54, 1.807) is 6.07 Å². The van der Waals surface area contributed by atoms with Crippen molar-refractivity contribution in [3.63, 3.8) is 0 Å². The summed E-state index contributed by atoms with van der Waals surface area (Å²) < 4.78 is 83.3. The van der Waals surface area contributed by atoms with Crippen LogP contribution in [0.5, 0.6) is 0 Å². The van der Waals surface area contributed by atoms with Crippen LogP contribution in [-0.2, 0) is 14.3 Å². The van der Waals surface area contributed by atoms with E-state index in [0.29, 0.717) is 3.57 Å². The smallest absolute Gasteiger partial charge is 0.437 e. The molecule has 0 saturated heterocycles. The molecule has 0 radical (unpaired) electrons. The molecule has 1 rings (SSSR count). The van der Waals surface area contributed by atoms with E-state index in [4.69, 9.17) is 5.11 Å². The molecule has 1 aromatic carbocycles. The average Bonchev–Trinajstić information content (AvgIpc) is 2.47. The number of aliphatic hydroxyl groups is 1. The van der Waals surface area contributed by atoms with Crippen molar-refractivity contribution in [3.05, 3.63) is 33.4 Å². The second kappa shape index (κ2) is 7.76. The van der Waals surface area contributed by atoms with E-state index in [2.05, 4.69) is 9.47 Å². The fourth-order valence-electron chi connectivity index (χ4n) is 1.46. The SMILES string of the molecule is O=C(OCCOC(=O)C(O)(C(F)(F)F)C(F)(F)F)c1cccc(I)c1. The number of carbonyl (C=O) groups excluding carboxylic acids is 2. The van der Waals surface area contributed by atoms with Crippen molar-refractivity contribution in [1.29, 1.82) is 0 Å². The number of benzene rings is 1.